The van der Waals surface area contributed by atoms with Crippen LogP contribution in [-0.4, -0.2) is 30.1 Å². The highest BCUT2D eigenvalue weighted by atomic mass is 15.2. The summed E-state index contributed by atoms with van der Waals surface area (Å²) < 4.78 is 0. The maximum absolute atomic E-state index is 5.72. The second-order valence-corrected chi connectivity index (χ2v) is 4.80. The molecule has 0 aromatic heterocycles. The van der Waals surface area contributed by atoms with Crippen LogP contribution in [0.1, 0.15) is 40.0 Å². The maximum Gasteiger partial charge on any atom is 0.00700 e. The largest absolute Gasteiger partial charge is 0.328 e. The van der Waals surface area contributed by atoms with Crippen molar-refractivity contribution >= 4 is 0 Å². The van der Waals surface area contributed by atoms with Gasteiger partial charge in [0.1, 0.15) is 0 Å². The molecule has 0 spiro atoms. The van der Waals surface area contributed by atoms with E-state index in [1.807, 2.05) is 0 Å². The van der Waals surface area contributed by atoms with Crippen molar-refractivity contribution in [1.29, 1.82) is 0 Å². The Morgan fingerprint density at radius 2 is 2.15 bits per heavy atom. The third-order valence-corrected chi connectivity index (χ3v) is 3.02. The van der Waals surface area contributed by atoms with E-state index in [9.17, 15) is 0 Å². The lowest BCUT2D eigenvalue weighted by Crippen LogP contribution is -2.29. The van der Waals surface area contributed by atoms with Gasteiger partial charge in [0.05, 0.1) is 0 Å². The van der Waals surface area contributed by atoms with Gasteiger partial charge in [-0.3, -0.25) is 0 Å². The van der Waals surface area contributed by atoms with Crippen molar-refractivity contribution in [3.63, 3.8) is 0 Å². The highest BCUT2D eigenvalue weighted by Crippen LogP contribution is 2.22. The molecule has 1 aliphatic heterocycles. The summed E-state index contributed by atoms with van der Waals surface area (Å²) in [7, 11) is 0. The molecule has 2 heteroatoms. The van der Waals surface area contributed by atoms with Crippen LogP contribution in [0.5, 0.6) is 0 Å². The molecule has 0 aromatic carbocycles. The standard InChI is InChI=1S/C11H24N2/c1-9-7-11(3)13(8-9)6-4-5-10(2)12/h9-11H,4-8,12H2,1-3H3. The molecule has 1 rings (SSSR count). The van der Waals surface area contributed by atoms with Gasteiger partial charge in [-0.2, -0.15) is 0 Å². The molecule has 3 atom stereocenters. The summed E-state index contributed by atoms with van der Waals surface area (Å²) in [4.78, 5) is 2.60. The number of nitrogens with zero attached hydrogens (tertiary/aromatic N) is 1. The maximum atomic E-state index is 5.72. The summed E-state index contributed by atoms with van der Waals surface area (Å²) in [5.74, 6) is 0.894. The predicted octanol–water partition coefficient (Wildman–Crippen LogP) is 1.84. The Bertz CT molecular complexity index is 145. The quantitative estimate of drug-likeness (QED) is 0.722. The normalized spacial score (nSPS) is 32.3. The van der Waals surface area contributed by atoms with Crippen molar-refractivity contribution in [1.82, 2.24) is 4.90 Å². The van der Waals surface area contributed by atoms with Gasteiger partial charge in [0.15, 0.2) is 0 Å². The van der Waals surface area contributed by atoms with Gasteiger partial charge in [0.2, 0.25) is 0 Å². The summed E-state index contributed by atoms with van der Waals surface area (Å²) in [6.07, 6.45) is 3.80. The lowest BCUT2D eigenvalue weighted by atomic mass is 10.1. The Morgan fingerprint density at radius 1 is 1.46 bits per heavy atom. The third kappa shape index (κ3) is 3.65. The molecule has 0 bridgehead atoms. The Labute approximate surface area is 82.5 Å². The van der Waals surface area contributed by atoms with Gasteiger partial charge in [-0.25, -0.2) is 0 Å². The minimum absolute atomic E-state index is 0.371. The molecule has 2 nitrogen and oxygen atoms in total. The van der Waals surface area contributed by atoms with Crippen LogP contribution < -0.4 is 5.73 Å². The van der Waals surface area contributed by atoms with Crippen molar-refractivity contribution in [2.24, 2.45) is 11.7 Å². The van der Waals surface area contributed by atoms with Crippen molar-refractivity contribution in [2.45, 2.75) is 52.1 Å². The van der Waals surface area contributed by atoms with E-state index in [1.165, 1.54) is 25.9 Å². The third-order valence-electron chi connectivity index (χ3n) is 3.02. The van der Waals surface area contributed by atoms with Gasteiger partial charge in [-0.15, -0.1) is 0 Å². The van der Waals surface area contributed by atoms with Gasteiger partial charge < -0.3 is 10.6 Å². The smallest absolute Gasteiger partial charge is 0.00700 e. The molecule has 0 radical (unpaired) electrons. The van der Waals surface area contributed by atoms with Gasteiger partial charge >= 0.3 is 0 Å². The average Bonchev–Trinajstić information content (AvgIpc) is 2.29. The summed E-state index contributed by atoms with van der Waals surface area (Å²) >= 11 is 0. The van der Waals surface area contributed by atoms with Crippen LogP contribution in [0.25, 0.3) is 0 Å². The molecule has 0 amide bonds. The second kappa shape index (κ2) is 4.97. The molecule has 1 fully saturated rings. The first-order chi connectivity index (χ1) is 6.09. The Morgan fingerprint density at radius 3 is 2.62 bits per heavy atom. The van der Waals surface area contributed by atoms with E-state index in [4.69, 9.17) is 5.73 Å². The van der Waals surface area contributed by atoms with Crippen LogP contribution in [0, 0.1) is 5.92 Å². The van der Waals surface area contributed by atoms with Crippen LogP contribution in [0.3, 0.4) is 0 Å². The Balaban J connectivity index is 2.14. The Kier molecular flexibility index (Phi) is 4.20. The van der Waals surface area contributed by atoms with Gasteiger partial charge in [0, 0.05) is 18.6 Å². The SMILES string of the molecule is CC(N)CCCN1CC(C)CC1C. The van der Waals surface area contributed by atoms with Crippen LogP contribution in [0.4, 0.5) is 0 Å². The van der Waals surface area contributed by atoms with Crippen molar-refractivity contribution in [2.75, 3.05) is 13.1 Å². The fourth-order valence-corrected chi connectivity index (χ4v) is 2.31. The lowest BCUT2D eigenvalue weighted by Gasteiger charge is -2.21. The molecular weight excluding hydrogens is 160 g/mol. The zero-order chi connectivity index (χ0) is 9.84. The summed E-state index contributed by atoms with van der Waals surface area (Å²) in [6.45, 7) is 9.32. The predicted molar refractivity (Wildman–Crippen MR) is 57.7 cm³/mol. The molecular formula is C11H24N2. The average molecular weight is 184 g/mol. The molecule has 13 heavy (non-hydrogen) atoms. The lowest BCUT2D eigenvalue weighted by molar-refractivity contribution is 0.257. The topological polar surface area (TPSA) is 29.3 Å². The molecule has 1 heterocycles. The summed E-state index contributed by atoms with van der Waals surface area (Å²) in [5, 5.41) is 0. The fourth-order valence-electron chi connectivity index (χ4n) is 2.31. The van der Waals surface area contributed by atoms with Crippen LogP contribution in [0.2, 0.25) is 0 Å². The first kappa shape index (κ1) is 11.0. The number of likely N-dealkylation sites (tertiary alicyclic amines) is 1. The molecule has 78 valence electrons. The zero-order valence-electron chi connectivity index (χ0n) is 9.29. The van der Waals surface area contributed by atoms with E-state index in [0.29, 0.717) is 6.04 Å². The van der Waals surface area contributed by atoms with E-state index in [1.54, 1.807) is 0 Å². The molecule has 0 aromatic rings. The van der Waals surface area contributed by atoms with Gasteiger partial charge in [-0.05, 0) is 45.6 Å². The zero-order valence-corrected chi connectivity index (χ0v) is 9.29. The van der Waals surface area contributed by atoms with Crippen molar-refractivity contribution in [3.8, 4) is 0 Å². The van der Waals surface area contributed by atoms with E-state index < -0.39 is 0 Å². The molecule has 3 unspecified atom stereocenters. The molecule has 0 aliphatic carbocycles. The number of rotatable bonds is 4. The monoisotopic (exact) mass is 184 g/mol. The fraction of sp³-hybridized carbons (Fsp3) is 1.00. The number of hydrogen-bond acceptors (Lipinski definition) is 2. The first-order valence-electron chi connectivity index (χ1n) is 5.59. The summed E-state index contributed by atoms with van der Waals surface area (Å²) in [6, 6.07) is 1.17. The highest BCUT2D eigenvalue weighted by Gasteiger charge is 2.24. The Hall–Kier alpha value is -0.0800. The molecule has 1 aliphatic rings. The highest BCUT2D eigenvalue weighted by molar-refractivity contribution is 4.79. The molecule has 2 N–H and O–H groups in total. The van der Waals surface area contributed by atoms with E-state index in [0.717, 1.165) is 18.4 Å². The molecule has 0 saturated carbocycles. The van der Waals surface area contributed by atoms with E-state index in [2.05, 4.69) is 25.7 Å². The van der Waals surface area contributed by atoms with Crippen LogP contribution in [0.15, 0.2) is 0 Å². The van der Waals surface area contributed by atoms with Crippen LogP contribution in [-0.2, 0) is 0 Å². The van der Waals surface area contributed by atoms with Crippen LogP contribution >= 0.6 is 0 Å². The van der Waals surface area contributed by atoms with Gasteiger partial charge in [-0.1, -0.05) is 6.92 Å². The van der Waals surface area contributed by atoms with Crippen molar-refractivity contribution in [3.05, 3.63) is 0 Å². The minimum Gasteiger partial charge on any atom is -0.328 e. The number of hydrogen-bond donors (Lipinski definition) is 1. The molecule has 1 saturated heterocycles. The van der Waals surface area contributed by atoms with E-state index >= 15 is 0 Å². The summed E-state index contributed by atoms with van der Waals surface area (Å²) in [5.41, 5.74) is 5.72. The first-order valence-corrected chi connectivity index (χ1v) is 5.59. The second-order valence-electron chi connectivity index (χ2n) is 4.80. The number of nitrogens with two attached hydrogens (primary N) is 1. The minimum atomic E-state index is 0.371. The van der Waals surface area contributed by atoms with Gasteiger partial charge in [0.25, 0.3) is 0 Å². The van der Waals surface area contributed by atoms with Crippen molar-refractivity contribution < 1.29 is 0 Å². The van der Waals surface area contributed by atoms with E-state index in [-0.39, 0.29) is 0 Å².